The molecule has 1 saturated carbocycles. The summed E-state index contributed by atoms with van der Waals surface area (Å²) < 4.78 is 5.38. The minimum Gasteiger partial charge on any atom is -0.494 e. The molecular formula is C16H22ClNO2. The van der Waals surface area contributed by atoms with Gasteiger partial charge in [0.05, 0.1) is 6.61 Å². The van der Waals surface area contributed by atoms with Gasteiger partial charge in [-0.25, -0.2) is 0 Å². The number of alkyl halides is 1. The Bertz CT molecular complexity index is 427. The first-order valence-corrected chi connectivity index (χ1v) is 7.81. The van der Waals surface area contributed by atoms with Gasteiger partial charge in [-0.2, -0.15) is 0 Å². The second-order valence-electron chi connectivity index (χ2n) is 5.21. The molecule has 1 aromatic carbocycles. The van der Waals surface area contributed by atoms with Crippen LogP contribution in [0.15, 0.2) is 24.3 Å². The van der Waals surface area contributed by atoms with E-state index < -0.39 is 5.38 Å². The molecule has 1 fully saturated rings. The molecule has 2 rings (SSSR count). The summed E-state index contributed by atoms with van der Waals surface area (Å²) >= 11 is 6.25. The molecule has 110 valence electrons. The lowest BCUT2D eigenvalue weighted by atomic mass is 9.95. The van der Waals surface area contributed by atoms with E-state index >= 15 is 0 Å². The molecular weight excluding hydrogens is 274 g/mol. The summed E-state index contributed by atoms with van der Waals surface area (Å²) in [6.45, 7) is 2.57. The first kappa shape index (κ1) is 15.2. The van der Waals surface area contributed by atoms with Gasteiger partial charge in [0, 0.05) is 6.04 Å². The van der Waals surface area contributed by atoms with Crippen LogP contribution in [0, 0.1) is 0 Å². The average molecular weight is 296 g/mol. The fraction of sp³-hybridized carbons (Fsp3) is 0.562. The highest BCUT2D eigenvalue weighted by Gasteiger charge is 2.22. The predicted molar refractivity (Wildman–Crippen MR) is 81.2 cm³/mol. The predicted octanol–water partition coefficient (Wildman–Crippen LogP) is 3.81. The number of halogens is 1. The van der Waals surface area contributed by atoms with E-state index in [1.165, 1.54) is 19.3 Å². The smallest absolute Gasteiger partial charge is 0.242 e. The number of ether oxygens (including phenoxy) is 1. The van der Waals surface area contributed by atoms with Gasteiger partial charge in [0.2, 0.25) is 5.91 Å². The molecule has 0 saturated heterocycles. The number of carbonyl (C=O) groups excluding carboxylic acids is 1. The minimum absolute atomic E-state index is 0.0947. The van der Waals surface area contributed by atoms with Crippen molar-refractivity contribution in [2.75, 3.05) is 6.61 Å². The van der Waals surface area contributed by atoms with Crippen LogP contribution in [-0.2, 0) is 4.79 Å². The van der Waals surface area contributed by atoms with Gasteiger partial charge in [0.25, 0.3) is 0 Å². The zero-order valence-corrected chi connectivity index (χ0v) is 12.7. The van der Waals surface area contributed by atoms with E-state index in [-0.39, 0.29) is 5.91 Å². The zero-order valence-electron chi connectivity index (χ0n) is 11.9. The van der Waals surface area contributed by atoms with Gasteiger partial charge in [0.1, 0.15) is 11.1 Å². The van der Waals surface area contributed by atoms with Crippen LogP contribution in [-0.4, -0.2) is 18.6 Å². The summed E-state index contributed by atoms with van der Waals surface area (Å²) in [5, 5.41) is 2.42. The molecule has 20 heavy (non-hydrogen) atoms. The first-order chi connectivity index (χ1) is 9.70. The summed E-state index contributed by atoms with van der Waals surface area (Å²) in [5.41, 5.74) is 0.809. The number of nitrogens with one attached hydrogen (secondary N) is 1. The van der Waals surface area contributed by atoms with Crippen LogP contribution in [0.1, 0.15) is 50.0 Å². The van der Waals surface area contributed by atoms with Gasteiger partial charge in [-0.15, -0.1) is 11.6 Å². The van der Waals surface area contributed by atoms with E-state index in [2.05, 4.69) is 5.32 Å². The van der Waals surface area contributed by atoms with E-state index in [9.17, 15) is 4.79 Å². The summed E-state index contributed by atoms with van der Waals surface area (Å²) in [7, 11) is 0. The maximum atomic E-state index is 12.1. The van der Waals surface area contributed by atoms with Gasteiger partial charge in [-0.05, 0) is 37.5 Å². The van der Waals surface area contributed by atoms with Crippen LogP contribution in [0.2, 0.25) is 0 Å². The molecule has 0 radical (unpaired) electrons. The molecule has 1 N–H and O–H groups in total. The second-order valence-corrected chi connectivity index (χ2v) is 5.64. The van der Waals surface area contributed by atoms with E-state index in [4.69, 9.17) is 16.3 Å². The van der Waals surface area contributed by atoms with Crippen molar-refractivity contribution < 1.29 is 9.53 Å². The Balaban J connectivity index is 1.91. The summed E-state index contributed by atoms with van der Waals surface area (Å²) in [6.07, 6.45) is 5.80. The number of carbonyl (C=O) groups is 1. The molecule has 1 amide bonds. The normalized spacial score (nSPS) is 17.5. The highest BCUT2D eigenvalue weighted by atomic mass is 35.5. The highest BCUT2D eigenvalue weighted by molar-refractivity contribution is 6.30. The number of hydrogen-bond donors (Lipinski definition) is 1. The van der Waals surface area contributed by atoms with Crippen molar-refractivity contribution in [3.05, 3.63) is 29.8 Å². The number of amides is 1. The van der Waals surface area contributed by atoms with Gasteiger partial charge in [-0.3, -0.25) is 4.79 Å². The fourth-order valence-electron chi connectivity index (χ4n) is 2.57. The van der Waals surface area contributed by atoms with Crippen molar-refractivity contribution in [2.24, 2.45) is 0 Å². The second kappa shape index (κ2) is 7.53. The molecule has 0 aromatic heterocycles. The monoisotopic (exact) mass is 295 g/mol. The topological polar surface area (TPSA) is 38.3 Å². The quantitative estimate of drug-likeness (QED) is 0.839. The summed E-state index contributed by atoms with van der Waals surface area (Å²) in [6, 6.07) is 7.69. The van der Waals surface area contributed by atoms with Crippen LogP contribution in [0.5, 0.6) is 5.75 Å². The van der Waals surface area contributed by atoms with Crippen molar-refractivity contribution >= 4 is 17.5 Å². The van der Waals surface area contributed by atoms with E-state index in [0.717, 1.165) is 24.2 Å². The van der Waals surface area contributed by atoms with Gasteiger partial charge in [0.15, 0.2) is 0 Å². The number of benzene rings is 1. The van der Waals surface area contributed by atoms with Crippen LogP contribution in [0.3, 0.4) is 0 Å². The molecule has 1 aromatic rings. The third-order valence-electron chi connectivity index (χ3n) is 3.67. The Morgan fingerprint density at radius 2 is 1.95 bits per heavy atom. The summed E-state index contributed by atoms with van der Waals surface area (Å²) in [4.78, 5) is 12.1. The van der Waals surface area contributed by atoms with Crippen molar-refractivity contribution in [1.29, 1.82) is 0 Å². The standard InChI is InChI=1S/C16H22ClNO2/c1-2-20-14-10-8-12(9-11-14)15(17)16(19)18-13-6-4-3-5-7-13/h8-11,13,15H,2-7H2,1H3,(H,18,19). The Hall–Kier alpha value is -1.22. The molecule has 0 bridgehead atoms. The van der Waals surface area contributed by atoms with E-state index in [1.54, 1.807) is 0 Å². The maximum Gasteiger partial charge on any atom is 0.242 e. The van der Waals surface area contributed by atoms with Gasteiger partial charge in [-0.1, -0.05) is 31.4 Å². The largest absolute Gasteiger partial charge is 0.494 e. The van der Waals surface area contributed by atoms with Crippen LogP contribution < -0.4 is 10.1 Å². The zero-order chi connectivity index (χ0) is 14.4. The molecule has 1 aliphatic carbocycles. The van der Waals surface area contributed by atoms with Crippen molar-refractivity contribution in [3.8, 4) is 5.75 Å². The van der Waals surface area contributed by atoms with Crippen molar-refractivity contribution in [1.82, 2.24) is 5.32 Å². The van der Waals surface area contributed by atoms with Crippen LogP contribution in [0.25, 0.3) is 0 Å². The molecule has 1 unspecified atom stereocenters. The molecule has 0 heterocycles. The van der Waals surface area contributed by atoms with Gasteiger partial charge >= 0.3 is 0 Å². The molecule has 4 heteroatoms. The Labute approximate surface area is 125 Å². The Morgan fingerprint density at radius 3 is 2.55 bits per heavy atom. The van der Waals surface area contributed by atoms with E-state index in [1.807, 2.05) is 31.2 Å². The molecule has 3 nitrogen and oxygen atoms in total. The van der Waals surface area contributed by atoms with Gasteiger partial charge < -0.3 is 10.1 Å². The van der Waals surface area contributed by atoms with Crippen molar-refractivity contribution in [2.45, 2.75) is 50.4 Å². The highest BCUT2D eigenvalue weighted by Crippen LogP contribution is 2.25. The average Bonchev–Trinajstić information content (AvgIpc) is 2.48. The molecule has 0 spiro atoms. The third-order valence-corrected chi connectivity index (χ3v) is 4.12. The van der Waals surface area contributed by atoms with E-state index in [0.29, 0.717) is 12.6 Å². The van der Waals surface area contributed by atoms with Crippen LogP contribution in [0.4, 0.5) is 0 Å². The first-order valence-electron chi connectivity index (χ1n) is 7.38. The number of rotatable bonds is 5. The lowest BCUT2D eigenvalue weighted by Crippen LogP contribution is -2.38. The molecule has 1 aliphatic rings. The lowest BCUT2D eigenvalue weighted by molar-refractivity contribution is -0.121. The minimum atomic E-state index is -0.632. The Kier molecular flexibility index (Phi) is 5.72. The maximum absolute atomic E-state index is 12.1. The van der Waals surface area contributed by atoms with Crippen molar-refractivity contribution in [3.63, 3.8) is 0 Å². The molecule has 0 aliphatic heterocycles. The number of hydrogen-bond acceptors (Lipinski definition) is 2. The summed E-state index contributed by atoms with van der Waals surface area (Å²) in [5.74, 6) is 0.704. The Morgan fingerprint density at radius 1 is 1.30 bits per heavy atom. The lowest BCUT2D eigenvalue weighted by Gasteiger charge is -2.24. The molecule has 1 atom stereocenters. The third kappa shape index (κ3) is 4.14. The SMILES string of the molecule is CCOc1ccc(C(Cl)C(=O)NC2CCCCC2)cc1. The van der Waals surface area contributed by atoms with Crippen LogP contribution >= 0.6 is 11.6 Å². The fourth-order valence-corrected chi connectivity index (χ4v) is 2.78.